The topological polar surface area (TPSA) is 3.24 Å². The lowest BCUT2D eigenvalue weighted by atomic mass is 10.1. The second kappa shape index (κ2) is 5.48. The van der Waals surface area contributed by atoms with Crippen molar-refractivity contribution in [3.8, 4) is 0 Å². The van der Waals surface area contributed by atoms with Crippen LogP contribution in [0.5, 0.6) is 0 Å². The summed E-state index contributed by atoms with van der Waals surface area (Å²) in [6.45, 7) is 5.41. The number of hydrogen-bond acceptors (Lipinski definition) is 2. The Kier molecular flexibility index (Phi) is 3.97. The quantitative estimate of drug-likeness (QED) is 0.778. The van der Waals surface area contributed by atoms with E-state index in [4.69, 9.17) is 0 Å². The molecule has 0 aliphatic rings. The van der Waals surface area contributed by atoms with E-state index in [1.165, 1.54) is 16.0 Å². The summed E-state index contributed by atoms with van der Waals surface area (Å²) in [5.74, 6) is 0. The first-order valence-corrected chi connectivity index (χ1v) is 6.84. The lowest BCUT2D eigenvalue weighted by molar-refractivity contribution is 0.255. The molecule has 0 saturated heterocycles. The van der Waals surface area contributed by atoms with Gasteiger partial charge in [-0.05, 0) is 37.9 Å². The molecule has 2 aromatic rings. The van der Waals surface area contributed by atoms with Gasteiger partial charge in [-0.25, -0.2) is 0 Å². The van der Waals surface area contributed by atoms with Gasteiger partial charge in [0.2, 0.25) is 0 Å². The summed E-state index contributed by atoms with van der Waals surface area (Å²) in [5, 5.41) is 2.14. The maximum Gasteiger partial charge on any atom is 0.0330 e. The van der Waals surface area contributed by atoms with Gasteiger partial charge in [0, 0.05) is 17.5 Å². The van der Waals surface area contributed by atoms with E-state index in [-0.39, 0.29) is 0 Å². The highest BCUT2D eigenvalue weighted by molar-refractivity contribution is 7.09. The lowest BCUT2D eigenvalue weighted by Crippen LogP contribution is -2.21. The zero-order chi connectivity index (χ0) is 12.3. The van der Waals surface area contributed by atoms with Crippen LogP contribution >= 0.6 is 11.3 Å². The van der Waals surface area contributed by atoms with Gasteiger partial charge < -0.3 is 0 Å². The van der Waals surface area contributed by atoms with Crippen LogP contribution in [0.15, 0.2) is 41.8 Å². The van der Waals surface area contributed by atoms with Crippen LogP contribution in [0.1, 0.15) is 29.0 Å². The van der Waals surface area contributed by atoms with E-state index in [1.54, 1.807) is 0 Å². The molecule has 0 aliphatic heterocycles. The fourth-order valence-electron chi connectivity index (χ4n) is 1.88. The van der Waals surface area contributed by atoms with E-state index in [0.29, 0.717) is 6.04 Å². The van der Waals surface area contributed by atoms with Crippen molar-refractivity contribution in [2.45, 2.75) is 26.4 Å². The summed E-state index contributed by atoms with van der Waals surface area (Å²) in [5.41, 5.74) is 2.71. The number of aryl methyl sites for hydroxylation is 1. The molecule has 2 heteroatoms. The normalized spacial score (nSPS) is 12.9. The van der Waals surface area contributed by atoms with Crippen molar-refractivity contribution in [1.82, 2.24) is 4.90 Å². The molecule has 1 aromatic carbocycles. The molecule has 90 valence electrons. The molecule has 0 radical (unpaired) electrons. The molecule has 0 unspecified atom stereocenters. The van der Waals surface area contributed by atoms with Crippen LogP contribution < -0.4 is 0 Å². The summed E-state index contributed by atoms with van der Waals surface area (Å²) in [4.78, 5) is 3.81. The minimum Gasteiger partial charge on any atom is -0.295 e. The van der Waals surface area contributed by atoms with Crippen molar-refractivity contribution in [3.63, 3.8) is 0 Å². The Hall–Kier alpha value is -1.12. The first-order valence-electron chi connectivity index (χ1n) is 5.96. The van der Waals surface area contributed by atoms with Gasteiger partial charge in [0.15, 0.2) is 0 Å². The Labute approximate surface area is 108 Å². The molecular formula is C15H19NS. The van der Waals surface area contributed by atoms with E-state index in [1.807, 2.05) is 11.3 Å². The predicted octanol–water partition coefficient (Wildman–Crippen LogP) is 4.25. The summed E-state index contributed by atoms with van der Waals surface area (Å²) in [6, 6.07) is 13.6. The van der Waals surface area contributed by atoms with Crippen molar-refractivity contribution in [2.75, 3.05) is 7.05 Å². The van der Waals surface area contributed by atoms with Crippen LogP contribution in [0.2, 0.25) is 0 Å². The average molecular weight is 245 g/mol. The number of benzene rings is 1. The van der Waals surface area contributed by atoms with E-state index in [9.17, 15) is 0 Å². The van der Waals surface area contributed by atoms with Gasteiger partial charge in [0.05, 0.1) is 0 Å². The Balaban J connectivity index is 2.04. The molecule has 0 bridgehead atoms. The SMILES string of the molecule is Cc1ccc([C@@H](C)N(C)Cc2cccs2)cc1. The molecule has 1 nitrogen and oxygen atoms in total. The molecule has 0 fully saturated rings. The highest BCUT2D eigenvalue weighted by Gasteiger charge is 2.11. The molecule has 17 heavy (non-hydrogen) atoms. The predicted molar refractivity (Wildman–Crippen MR) is 75.4 cm³/mol. The van der Waals surface area contributed by atoms with Crippen LogP contribution in [-0.4, -0.2) is 11.9 Å². The van der Waals surface area contributed by atoms with Crippen LogP contribution in [0.4, 0.5) is 0 Å². The monoisotopic (exact) mass is 245 g/mol. The summed E-state index contributed by atoms with van der Waals surface area (Å²) in [6.07, 6.45) is 0. The van der Waals surface area contributed by atoms with Crippen LogP contribution in [0.25, 0.3) is 0 Å². The maximum absolute atomic E-state index is 2.39. The van der Waals surface area contributed by atoms with Crippen molar-refractivity contribution >= 4 is 11.3 Å². The van der Waals surface area contributed by atoms with E-state index in [0.717, 1.165) is 6.54 Å². The third-order valence-corrected chi connectivity index (χ3v) is 4.07. The highest BCUT2D eigenvalue weighted by Crippen LogP contribution is 2.22. The van der Waals surface area contributed by atoms with E-state index in [2.05, 4.69) is 67.6 Å². The second-order valence-corrected chi connectivity index (χ2v) is 5.61. The number of rotatable bonds is 4. The minimum absolute atomic E-state index is 0.456. The molecule has 0 N–H and O–H groups in total. The minimum atomic E-state index is 0.456. The van der Waals surface area contributed by atoms with Crippen molar-refractivity contribution < 1.29 is 0 Å². The fraction of sp³-hybridized carbons (Fsp3) is 0.333. The maximum atomic E-state index is 2.39. The molecule has 0 spiro atoms. The Morgan fingerprint density at radius 1 is 1.18 bits per heavy atom. The first-order chi connectivity index (χ1) is 8.16. The molecule has 1 atom stereocenters. The van der Waals surface area contributed by atoms with Crippen molar-refractivity contribution in [1.29, 1.82) is 0 Å². The molecule has 0 amide bonds. The number of thiophene rings is 1. The first kappa shape index (κ1) is 12.3. The van der Waals surface area contributed by atoms with Crippen LogP contribution in [0, 0.1) is 6.92 Å². The number of nitrogens with zero attached hydrogens (tertiary/aromatic N) is 1. The van der Waals surface area contributed by atoms with Crippen molar-refractivity contribution in [2.24, 2.45) is 0 Å². The molecule has 0 saturated carbocycles. The van der Waals surface area contributed by atoms with Gasteiger partial charge in [-0.1, -0.05) is 35.9 Å². The third-order valence-electron chi connectivity index (χ3n) is 3.21. The zero-order valence-electron chi connectivity index (χ0n) is 10.7. The third kappa shape index (κ3) is 3.18. The van der Waals surface area contributed by atoms with E-state index < -0.39 is 0 Å². The summed E-state index contributed by atoms with van der Waals surface area (Å²) in [7, 11) is 2.18. The van der Waals surface area contributed by atoms with Gasteiger partial charge in [0.1, 0.15) is 0 Å². The average Bonchev–Trinajstić information content (AvgIpc) is 2.82. The molecule has 1 heterocycles. The van der Waals surface area contributed by atoms with Gasteiger partial charge in [-0.2, -0.15) is 0 Å². The van der Waals surface area contributed by atoms with Gasteiger partial charge in [-0.3, -0.25) is 4.90 Å². The molecule has 2 rings (SSSR count). The Morgan fingerprint density at radius 3 is 2.47 bits per heavy atom. The Bertz CT molecular complexity index is 444. The second-order valence-electron chi connectivity index (χ2n) is 4.58. The fourth-order valence-corrected chi connectivity index (χ4v) is 2.65. The molecule has 0 aliphatic carbocycles. The Morgan fingerprint density at radius 2 is 1.88 bits per heavy atom. The van der Waals surface area contributed by atoms with Gasteiger partial charge in [0.25, 0.3) is 0 Å². The van der Waals surface area contributed by atoms with Crippen LogP contribution in [-0.2, 0) is 6.54 Å². The largest absolute Gasteiger partial charge is 0.295 e. The highest BCUT2D eigenvalue weighted by atomic mass is 32.1. The van der Waals surface area contributed by atoms with Crippen molar-refractivity contribution in [3.05, 3.63) is 57.8 Å². The van der Waals surface area contributed by atoms with Gasteiger partial charge >= 0.3 is 0 Å². The number of hydrogen-bond donors (Lipinski definition) is 0. The van der Waals surface area contributed by atoms with Gasteiger partial charge in [-0.15, -0.1) is 11.3 Å². The van der Waals surface area contributed by atoms with Crippen LogP contribution in [0.3, 0.4) is 0 Å². The summed E-state index contributed by atoms with van der Waals surface area (Å²) < 4.78 is 0. The smallest absolute Gasteiger partial charge is 0.0330 e. The standard InChI is InChI=1S/C15H19NS/c1-12-6-8-14(9-7-12)13(2)16(3)11-15-5-4-10-17-15/h4-10,13H,11H2,1-3H3/t13-/m1/s1. The molecular weight excluding hydrogens is 226 g/mol. The lowest BCUT2D eigenvalue weighted by Gasteiger charge is -2.24. The van der Waals surface area contributed by atoms with E-state index >= 15 is 0 Å². The molecule has 1 aromatic heterocycles. The zero-order valence-corrected chi connectivity index (χ0v) is 11.5. The summed E-state index contributed by atoms with van der Waals surface area (Å²) >= 11 is 1.82.